The molecule has 0 saturated carbocycles. The molecule has 22 heavy (non-hydrogen) atoms. The Balaban J connectivity index is 1.89. The van der Waals surface area contributed by atoms with E-state index in [4.69, 9.17) is 27.9 Å². The van der Waals surface area contributed by atoms with Crippen molar-refractivity contribution in [2.75, 3.05) is 26.3 Å². The lowest BCUT2D eigenvalue weighted by Crippen LogP contribution is -2.30. The molecular weight excluding hydrogens is 323 g/mol. The second-order valence-electron chi connectivity index (χ2n) is 4.76. The Morgan fingerprint density at radius 2 is 1.86 bits per heavy atom. The van der Waals surface area contributed by atoms with Crippen LogP contribution in [0, 0.1) is 0 Å². The largest absolute Gasteiger partial charge is 0.489 e. The summed E-state index contributed by atoms with van der Waals surface area (Å²) in [4.78, 5) is 6.18. The maximum absolute atomic E-state index is 9.18. The van der Waals surface area contributed by atoms with Gasteiger partial charge in [-0.1, -0.05) is 35.3 Å². The van der Waals surface area contributed by atoms with Crippen molar-refractivity contribution < 1.29 is 9.84 Å². The molecule has 0 amide bonds. The number of para-hydroxylation sites is 1. The number of nitrogens with zero attached hydrogens (tertiary/aromatic N) is 2. The third-order valence-corrected chi connectivity index (χ3v) is 3.71. The molecule has 0 unspecified atom stereocenters. The first-order chi connectivity index (χ1) is 10.7. The molecule has 1 aromatic carbocycles. The first kappa shape index (κ1) is 17.0. The predicted molar refractivity (Wildman–Crippen MR) is 88.6 cm³/mol. The predicted octanol–water partition coefficient (Wildman–Crippen LogP) is 3.26. The summed E-state index contributed by atoms with van der Waals surface area (Å²) < 4.78 is 5.68. The van der Waals surface area contributed by atoms with Crippen molar-refractivity contribution in [1.29, 1.82) is 0 Å². The molecule has 0 bridgehead atoms. The zero-order chi connectivity index (χ0) is 15.8. The van der Waals surface area contributed by atoms with Gasteiger partial charge in [0, 0.05) is 32.0 Å². The van der Waals surface area contributed by atoms with Crippen LogP contribution >= 0.6 is 23.2 Å². The monoisotopic (exact) mass is 340 g/mol. The molecule has 0 aliphatic rings. The molecular formula is C16H18Cl2N2O2. The van der Waals surface area contributed by atoms with E-state index < -0.39 is 0 Å². The molecule has 2 rings (SSSR count). The Kier molecular flexibility index (Phi) is 6.93. The molecule has 0 spiro atoms. The van der Waals surface area contributed by atoms with Gasteiger partial charge in [-0.2, -0.15) is 0 Å². The molecule has 0 fully saturated rings. The third-order valence-electron chi connectivity index (χ3n) is 3.12. The fourth-order valence-corrected chi connectivity index (χ4v) is 2.56. The fraction of sp³-hybridized carbons (Fsp3) is 0.312. The maximum Gasteiger partial charge on any atom is 0.156 e. The Morgan fingerprint density at radius 3 is 2.50 bits per heavy atom. The first-order valence-electron chi connectivity index (χ1n) is 6.99. The molecule has 0 aliphatic carbocycles. The van der Waals surface area contributed by atoms with Crippen LogP contribution in [0.15, 0.2) is 42.7 Å². The van der Waals surface area contributed by atoms with Crippen LogP contribution in [0.25, 0.3) is 0 Å². The second kappa shape index (κ2) is 8.96. The minimum atomic E-state index is 0.0904. The Labute approximate surface area is 140 Å². The van der Waals surface area contributed by atoms with Crippen molar-refractivity contribution in [3.63, 3.8) is 0 Å². The van der Waals surface area contributed by atoms with Gasteiger partial charge in [-0.3, -0.25) is 9.88 Å². The maximum atomic E-state index is 9.18. The van der Waals surface area contributed by atoms with Crippen LogP contribution in [0.2, 0.25) is 10.0 Å². The number of aliphatic hydroxyl groups excluding tert-OH is 1. The van der Waals surface area contributed by atoms with Crippen LogP contribution in [-0.2, 0) is 6.54 Å². The highest BCUT2D eigenvalue weighted by Crippen LogP contribution is 2.32. The van der Waals surface area contributed by atoms with Gasteiger partial charge in [-0.25, -0.2) is 0 Å². The molecule has 0 aliphatic heterocycles. The second-order valence-corrected chi connectivity index (χ2v) is 5.57. The van der Waals surface area contributed by atoms with E-state index in [0.29, 0.717) is 42.0 Å². The molecule has 0 radical (unpaired) electrons. The lowest BCUT2D eigenvalue weighted by atomic mass is 10.2. The van der Waals surface area contributed by atoms with E-state index >= 15 is 0 Å². The van der Waals surface area contributed by atoms with Crippen LogP contribution in [0.4, 0.5) is 0 Å². The topological polar surface area (TPSA) is 45.6 Å². The Morgan fingerprint density at radius 1 is 1.09 bits per heavy atom. The summed E-state index contributed by atoms with van der Waals surface area (Å²) in [6.07, 6.45) is 3.55. The molecule has 0 atom stereocenters. The zero-order valence-electron chi connectivity index (χ0n) is 12.1. The third kappa shape index (κ3) is 5.14. The number of pyridine rings is 1. The molecule has 118 valence electrons. The molecule has 1 heterocycles. The van der Waals surface area contributed by atoms with Gasteiger partial charge in [0.05, 0.1) is 16.7 Å². The van der Waals surface area contributed by atoms with E-state index in [-0.39, 0.29) is 6.61 Å². The van der Waals surface area contributed by atoms with Crippen LogP contribution < -0.4 is 4.74 Å². The Bertz CT molecular complexity index is 561. The van der Waals surface area contributed by atoms with Gasteiger partial charge >= 0.3 is 0 Å². The minimum Gasteiger partial charge on any atom is -0.489 e. The van der Waals surface area contributed by atoms with Crippen molar-refractivity contribution in [2.24, 2.45) is 0 Å². The van der Waals surface area contributed by atoms with Gasteiger partial charge in [0.2, 0.25) is 0 Å². The number of ether oxygens (including phenoxy) is 1. The summed E-state index contributed by atoms with van der Waals surface area (Å²) in [6, 6.07) is 9.15. The molecule has 0 saturated heterocycles. The zero-order valence-corrected chi connectivity index (χ0v) is 13.6. The van der Waals surface area contributed by atoms with E-state index in [2.05, 4.69) is 9.88 Å². The van der Waals surface area contributed by atoms with Crippen molar-refractivity contribution in [3.05, 3.63) is 58.3 Å². The first-order valence-corrected chi connectivity index (χ1v) is 7.75. The number of aromatic nitrogens is 1. The summed E-state index contributed by atoms with van der Waals surface area (Å²) in [5.41, 5.74) is 1.09. The summed E-state index contributed by atoms with van der Waals surface area (Å²) >= 11 is 12.1. The SMILES string of the molecule is OCCN(CCOc1c(Cl)cccc1Cl)Cc1cccnc1. The van der Waals surface area contributed by atoms with Gasteiger partial charge in [-0.15, -0.1) is 0 Å². The normalized spacial score (nSPS) is 10.9. The number of hydrogen-bond acceptors (Lipinski definition) is 4. The summed E-state index contributed by atoms with van der Waals surface area (Å²) in [5, 5.41) is 10.2. The summed E-state index contributed by atoms with van der Waals surface area (Å²) in [6.45, 7) is 2.44. The van der Waals surface area contributed by atoms with Crippen molar-refractivity contribution in [3.8, 4) is 5.75 Å². The average Bonchev–Trinajstić information content (AvgIpc) is 2.51. The van der Waals surface area contributed by atoms with E-state index in [1.807, 2.05) is 18.3 Å². The van der Waals surface area contributed by atoms with Gasteiger partial charge < -0.3 is 9.84 Å². The van der Waals surface area contributed by atoms with Crippen LogP contribution in [0.1, 0.15) is 5.56 Å². The van der Waals surface area contributed by atoms with Crippen LogP contribution in [0.3, 0.4) is 0 Å². The quantitative estimate of drug-likeness (QED) is 0.801. The van der Waals surface area contributed by atoms with Gasteiger partial charge in [0.25, 0.3) is 0 Å². The lowest BCUT2D eigenvalue weighted by molar-refractivity contribution is 0.163. The summed E-state index contributed by atoms with van der Waals surface area (Å²) in [5.74, 6) is 0.496. The molecule has 6 heteroatoms. The fourth-order valence-electron chi connectivity index (χ4n) is 2.06. The summed E-state index contributed by atoms with van der Waals surface area (Å²) in [7, 11) is 0. The molecule has 2 aromatic rings. The number of hydrogen-bond donors (Lipinski definition) is 1. The lowest BCUT2D eigenvalue weighted by Gasteiger charge is -2.21. The highest BCUT2D eigenvalue weighted by atomic mass is 35.5. The van der Waals surface area contributed by atoms with E-state index in [1.165, 1.54) is 0 Å². The molecule has 1 aromatic heterocycles. The van der Waals surface area contributed by atoms with Gasteiger partial charge in [-0.05, 0) is 23.8 Å². The van der Waals surface area contributed by atoms with E-state index in [9.17, 15) is 5.11 Å². The van der Waals surface area contributed by atoms with Crippen molar-refractivity contribution in [2.45, 2.75) is 6.54 Å². The smallest absolute Gasteiger partial charge is 0.156 e. The van der Waals surface area contributed by atoms with Crippen LogP contribution in [-0.4, -0.2) is 41.3 Å². The van der Waals surface area contributed by atoms with Crippen LogP contribution in [0.5, 0.6) is 5.75 Å². The molecule has 4 nitrogen and oxygen atoms in total. The number of benzene rings is 1. The number of halogens is 2. The van der Waals surface area contributed by atoms with E-state index in [1.54, 1.807) is 24.4 Å². The number of rotatable bonds is 8. The number of aliphatic hydroxyl groups is 1. The van der Waals surface area contributed by atoms with Crippen molar-refractivity contribution in [1.82, 2.24) is 9.88 Å². The van der Waals surface area contributed by atoms with Gasteiger partial charge in [0.15, 0.2) is 5.75 Å². The van der Waals surface area contributed by atoms with Gasteiger partial charge in [0.1, 0.15) is 6.61 Å². The highest BCUT2D eigenvalue weighted by Gasteiger charge is 2.09. The van der Waals surface area contributed by atoms with E-state index in [0.717, 1.165) is 5.56 Å². The standard InChI is InChI=1S/C16H18Cl2N2O2/c17-14-4-1-5-15(18)16(14)22-10-8-20(7-9-21)12-13-3-2-6-19-11-13/h1-6,11,21H,7-10,12H2. The Hall–Kier alpha value is -1.33. The highest BCUT2D eigenvalue weighted by molar-refractivity contribution is 6.37. The minimum absolute atomic E-state index is 0.0904. The van der Waals surface area contributed by atoms with Crippen molar-refractivity contribution >= 4 is 23.2 Å². The molecule has 1 N–H and O–H groups in total. The average molecular weight is 341 g/mol.